The molecule has 0 aliphatic carbocycles. The Morgan fingerprint density at radius 3 is 2.36 bits per heavy atom. The molecule has 0 aliphatic rings. The zero-order chi connectivity index (χ0) is 20.1. The molecular weight excluding hydrogens is 421 g/mol. The molecule has 4 nitrogen and oxygen atoms in total. The lowest BCUT2D eigenvalue weighted by molar-refractivity contribution is 0.0697. The molecule has 0 unspecified atom stereocenters. The second-order valence-electron chi connectivity index (χ2n) is 6.03. The van der Waals surface area contributed by atoms with Crippen LogP contribution in [0, 0.1) is 0 Å². The number of halogens is 3. The zero-order valence-corrected chi connectivity index (χ0v) is 16.9. The third kappa shape index (κ3) is 5.32. The molecule has 7 heteroatoms. The molecular formula is C21H16Cl3NO3. The summed E-state index contributed by atoms with van der Waals surface area (Å²) in [5.41, 5.74) is 2.79. The molecule has 0 bridgehead atoms. The first kappa shape index (κ1) is 20.3. The number of carboxylic acids is 1. The highest BCUT2D eigenvalue weighted by Gasteiger charge is 2.08. The fourth-order valence-electron chi connectivity index (χ4n) is 2.55. The molecule has 28 heavy (non-hydrogen) atoms. The number of carboxylic acid groups (broad SMARTS) is 1. The van der Waals surface area contributed by atoms with E-state index in [4.69, 9.17) is 44.6 Å². The van der Waals surface area contributed by atoms with Crippen LogP contribution < -0.4 is 10.1 Å². The number of carbonyl (C=O) groups is 1. The summed E-state index contributed by atoms with van der Waals surface area (Å²) in [4.78, 5) is 10.9. The van der Waals surface area contributed by atoms with Crippen molar-refractivity contribution in [3.8, 4) is 5.75 Å². The first-order valence-electron chi connectivity index (χ1n) is 8.35. The second kappa shape index (κ2) is 9.20. The number of hydrogen-bond acceptors (Lipinski definition) is 3. The molecule has 0 saturated heterocycles. The summed E-state index contributed by atoms with van der Waals surface area (Å²) in [6.45, 7) is 0.794. The maximum absolute atomic E-state index is 10.9. The molecule has 2 N–H and O–H groups in total. The molecule has 0 saturated carbocycles. The maximum atomic E-state index is 10.9. The highest BCUT2D eigenvalue weighted by molar-refractivity contribution is 6.42. The molecule has 0 fully saturated rings. The summed E-state index contributed by atoms with van der Waals surface area (Å²) in [6, 6.07) is 17.3. The molecule has 0 aliphatic heterocycles. The Labute approximate surface area is 177 Å². The standard InChI is InChI=1S/C21H16Cl3NO3/c22-16-4-8-20(28-12-13-1-7-18(23)19(24)9-13)15(10-16)11-25-17-5-2-14(3-6-17)21(26)27/h1-10,25H,11-12H2,(H,26,27). The average Bonchev–Trinajstić information content (AvgIpc) is 2.68. The van der Waals surface area contributed by atoms with E-state index in [2.05, 4.69) is 5.32 Å². The third-order valence-electron chi connectivity index (χ3n) is 4.02. The van der Waals surface area contributed by atoms with E-state index in [0.29, 0.717) is 34.0 Å². The summed E-state index contributed by atoms with van der Waals surface area (Å²) < 4.78 is 5.93. The molecule has 144 valence electrons. The Kier molecular flexibility index (Phi) is 6.68. The molecule has 0 radical (unpaired) electrons. The van der Waals surface area contributed by atoms with Gasteiger partial charge in [-0.2, -0.15) is 0 Å². The third-order valence-corrected chi connectivity index (χ3v) is 4.99. The van der Waals surface area contributed by atoms with Crippen LogP contribution in [0.5, 0.6) is 5.75 Å². The maximum Gasteiger partial charge on any atom is 0.335 e. The van der Waals surface area contributed by atoms with Crippen molar-refractivity contribution < 1.29 is 14.6 Å². The quantitative estimate of drug-likeness (QED) is 0.442. The highest BCUT2D eigenvalue weighted by Crippen LogP contribution is 2.27. The molecule has 3 aromatic rings. The summed E-state index contributed by atoms with van der Waals surface area (Å²) in [7, 11) is 0. The second-order valence-corrected chi connectivity index (χ2v) is 7.28. The molecule has 0 atom stereocenters. The van der Waals surface area contributed by atoms with Crippen molar-refractivity contribution >= 4 is 46.5 Å². The number of nitrogens with one attached hydrogen (secondary N) is 1. The van der Waals surface area contributed by atoms with Crippen LogP contribution in [-0.2, 0) is 13.2 Å². The highest BCUT2D eigenvalue weighted by atomic mass is 35.5. The van der Waals surface area contributed by atoms with Crippen LogP contribution in [0.25, 0.3) is 0 Å². The van der Waals surface area contributed by atoms with E-state index in [0.717, 1.165) is 16.8 Å². The van der Waals surface area contributed by atoms with Crippen LogP contribution in [-0.4, -0.2) is 11.1 Å². The number of ether oxygens (including phenoxy) is 1. The topological polar surface area (TPSA) is 58.6 Å². The van der Waals surface area contributed by atoms with Gasteiger partial charge < -0.3 is 15.2 Å². The van der Waals surface area contributed by atoms with Gasteiger partial charge in [0, 0.05) is 22.8 Å². The van der Waals surface area contributed by atoms with E-state index in [1.165, 1.54) is 0 Å². The SMILES string of the molecule is O=C(O)c1ccc(NCc2cc(Cl)ccc2OCc2ccc(Cl)c(Cl)c2)cc1. The van der Waals surface area contributed by atoms with Gasteiger partial charge in [0.05, 0.1) is 15.6 Å². The van der Waals surface area contributed by atoms with Crippen molar-refractivity contribution in [2.75, 3.05) is 5.32 Å². The van der Waals surface area contributed by atoms with Gasteiger partial charge in [0.25, 0.3) is 0 Å². The molecule has 0 aromatic heterocycles. The zero-order valence-electron chi connectivity index (χ0n) is 14.6. The Bertz CT molecular complexity index is 991. The van der Waals surface area contributed by atoms with Crippen molar-refractivity contribution in [3.05, 3.63) is 92.4 Å². The minimum atomic E-state index is -0.959. The Morgan fingerprint density at radius 1 is 0.929 bits per heavy atom. The minimum Gasteiger partial charge on any atom is -0.489 e. The van der Waals surface area contributed by atoms with Gasteiger partial charge in [-0.1, -0.05) is 40.9 Å². The van der Waals surface area contributed by atoms with E-state index < -0.39 is 5.97 Å². The van der Waals surface area contributed by atoms with Gasteiger partial charge >= 0.3 is 5.97 Å². The smallest absolute Gasteiger partial charge is 0.335 e. The summed E-state index contributed by atoms with van der Waals surface area (Å²) in [5, 5.41) is 13.8. The van der Waals surface area contributed by atoms with E-state index in [1.54, 1.807) is 42.5 Å². The number of benzene rings is 3. The minimum absolute atomic E-state index is 0.235. The van der Waals surface area contributed by atoms with Gasteiger partial charge in [0.2, 0.25) is 0 Å². The average molecular weight is 437 g/mol. The lowest BCUT2D eigenvalue weighted by Gasteiger charge is -2.14. The van der Waals surface area contributed by atoms with Gasteiger partial charge in [-0.05, 0) is 60.2 Å². The van der Waals surface area contributed by atoms with Crippen LogP contribution in [0.1, 0.15) is 21.5 Å². The Morgan fingerprint density at radius 2 is 1.68 bits per heavy atom. The van der Waals surface area contributed by atoms with Crippen LogP contribution in [0.3, 0.4) is 0 Å². The molecule has 3 aromatic carbocycles. The molecule has 3 rings (SSSR count). The summed E-state index contributed by atoms with van der Waals surface area (Å²) >= 11 is 18.1. The number of hydrogen-bond donors (Lipinski definition) is 2. The first-order chi connectivity index (χ1) is 13.4. The predicted molar refractivity (Wildman–Crippen MR) is 113 cm³/mol. The van der Waals surface area contributed by atoms with Gasteiger partial charge in [0.15, 0.2) is 0 Å². The van der Waals surface area contributed by atoms with E-state index in [9.17, 15) is 4.79 Å². The van der Waals surface area contributed by atoms with Crippen molar-refractivity contribution in [3.63, 3.8) is 0 Å². The van der Waals surface area contributed by atoms with Gasteiger partial charge in [-0.25, -0.2) is 4.79 Å². The van der Waals surface area contributed by atoms with Gasteiger partial charge in [-0.3, -0.25) is 0 Å². The molecule has 0 amide bonds. The Hall–Kier alpha value is -2.40. The predicted octanol–water partition coefficient (Wildman–Crippen LogP) is 6.54. The van der Waals surface area contributed by atoms with E-state index >= 15 is 0 Å². The monoisotopic (exact) mass is 435 g/mol. The van der Waals surface area contributed by atoms with Gasteiger partial charge in [0.1, 0.15) is 12.4 Å². The first-order valence-corrected chi connectivity index (χ1v) is 9.48. The lowest BCUT2D eigenvalue weighted by atomic mass is 10.1. The van der Waals surface area contributed by atoms with Crippen molar-refractivity contribution in [2.24, 2.45) is 0 Å². The summed E-state index contributed by atoms with van der Waals surface area (Å²) in [6.07, 6.45) is 0. The van der Waals surface area contributed by atoms with Crippen LogP contribution in [0.15, 0.2) is 60.7 Å². The molecule has 0 heterocycles. The van der Waals surface area contributed by atoms with Crippen LogP contribution in [0.4, 0.5) is 5.69 Å². The van der Waals surface area contributed by atoms with Crippen LogP contribution >= 0.6 is 34.8 Å². The van der Waals surface area contributed by atoms with E-state index in [1.807, 2.05) is 18.2 Å². The van der Waals surface area contributed by atoms with Crippen molar-refractivity contribution in [1.29, 1.82) is 0 Å². The fraction of sp³-hybridized carbons (Fsp3) is 0.0952. The molecule has 0 spiro atoms. The largest absolute Gasteiger partial charge is 0.489 e. The van der Waals surface area contributed by atoms with E-state index in [-0.39, 0.29) is 5.56 Å². The summed E-state index contributed by atoms with van der Waals surface area (Å²) in [5.74, 6) is -0.274. The van der Waals surface area contributed by atoms with Crippen molar-refractivity contribution in [2.45, 2.75) is 13.2 Å². The normalized spacial score (nSPS) is 10.5. The number of anilines is 1. The lowest BCUT2D eigenvalue weighted by Crippen LogP contribution is -2.04. The van der Waals surface area contributed by atoms with Crippen LogP contribution in [0.2, 0.25) is 15.1 Å². The van der Waals surface area contributed by atoms with Crippen molar-refractivity contribution in [1.82, 2.24) is 0 Å². The Balaban J connectivity index is 1.69. The number of rotatable bonds is 7. The number of aromatic carboxylic acids is 1. The van der Waals surface area contributed by atoms with Gasteiger partial charge in [-0.15, -0.1) is 0 Å². The fourth-order valence-corrected chi connectivity index (χ4v) is 3.06.